The van der Waals surface area contributed by atoms with Crippen LogP contribution < -0.4 is 14.9 Å². The lowest BCUT2D eigenvalue weighted by Crippen LogP contribution is -2.17. The Balaban J connectivity index is 1.63. The first kappa shape index (κ1) is 20.6. The third kappa shape index (κ3) is 5.20. The van der Waals surface area contributed by atoms with Gasteiger partial charge in [0.2, 0.25) is 0 Å². The van der Waals surface area contributed by atoms with Crippen molar-refractivity contribution in [2.24, 2.45) is 5.10 Å². The zero-order valence-electron chi connectivity index (χ0n) is 16.1. The van der Waals surface area contributed by atoms with Crippen molar-refractivity contribution in [3.63, 3.8) is 0 Å². The number of nitrogens with one attached hydrogen (secondary N) is 1. The van der Waals surface area contributed by atoms with Crippen molar-refractivity contribution >= 4 is 12.1 Å². The number of carbonyl (C=O) groups is 1. The topological polar surface area (TPSA) is 83.7 Å². The van der Waals surface area contributed by atoms with E-state index in [4.69, 9.17) is 14.7 Å². The van der Waals surface area contributed by atoms with Crippen molar-refractivity contribution in [1.82, 2.24) is 5.43 Å². The highest BCUT2D eigenvalue weighted by molar-refractivity contribution is 5.95. The van der Waals surface area contributed by atoms with Crippen LogP contribution in [-0.4, -0.2) is 19.2 Å². The predicted molar refractivity (Wildman–Crippen MR) is 110 cm³/mol. The standard InChI is InChI=1S/C23H18FN3O3/c1-29-22-12-17(8-11-21(22)30-15-19-4-2-3-5-20(19)24)14-26-27-23(28)18-9-6-16(13-25)7-10-18/h2-12,14H,15H2,1H3,(H,27,28)/b26-14+. The summed E-state index contributed by atoms with van der Waals surface area (Å²) in [6.45, 7) is 0.0666. The molecule has 3 rings (SSSR count). The molecule has 0 unspecified atom stereocenters. The normalized spacial score (nSPS) is 10.4. The van der Waals surface area contributed by atoms with E-state index in [9.17, 15) is 9.18 Å². The molecule has 0 bridgehead atoms. The minimum atomic E-state index is -0.396. The van der Waals surface area contributed by atoms with E-state index in [0.29, 0.717) is 33.8 Å². The van der Waals surface area contributed by atoms with Crippen LogP contribution in [0.1, 0.15) is 27.0 Å². The molecule has 30 heavy (non-hydrogen) atoms. The van der Waals surface area contributed by atoms with E-state index < -0.39 is 5.91 Å². The average molecular weight is 403 g/mol. The number of hydrogen-bond acceptors (Lipinski definition) is 5. The quantitative estimate of drug-likeness (QED) is 0.477. The molecule has 0 aliphatic heterocycles. The lowest BCUT2D eigenvalue weighted by molar-refractivity contribution is 0.0955. The molecule has 0 saturated carbocycles. The first-order valence-electron chi connectivity index (χ1n) is 8.98. The minimum Gasteiger partial charge on any atom is -0.493 e. The Morgan fingerprint density at radius 1 is 1.13 bits per heavy atom. The van der Waals surface area contributed by atoms with Gasteiger partial charge in [0, 0.05) is 11.1 Å². The van der Waals surface area contributed by atoms with Gasteiger partial charge in [-0.1, -0.05) is 18.2 Å². The highest BCUT2D eigenvalue weighted by atomic mass is 19.1. The molecule has 7 heteroatoms. The SMILES string of the molecule is COc1cc(/C=N/NC(=O)c2ccc(C#N)cc2)ccc1OCc1ccccc1F. The number of amides is 1. The van der Waals surface area contributed by atoms with Gasteiger partial charge in [0.15, 0.2) is 11.5 Å². The van der Waals surface area contributed by atoms with Crippen molar-refractivity contribution in [1.29, 1.82) is 5.26 Å². The Kier molecular flexibility index (Phi) is 6.74. The predicted octanol–water partition coefficient (Wildman–Crippen LogP) is 4.05. The van der Waals surface area contributed by atoms with Gasteiger partial charge in [0.25, 0.3) is 5.91 Å². The van der Waals surface area contributed by atoms with E-state index in [-0.39, 0.29) is 12.4 Å². The number of halogens is 1. The van der Waals surface area contributed by atoms with E-state index in [1.807, 2.05) is 6.07 Å². The molecular formula is C23H18FN3O3. The molecule has 0 radical (unpaired) electrons. The number of rotatable bonds is 7. The van der Waals surface area contributed by atoms with Crippen LogP contribution in [0.3, 0.4) is 0 Å². The minimum absolute atomic E-state index is 0.0666. The van der Waals surface area contributed by atoms with E-state index in [0.717, 1.165) is 0 Å². The number of carbonyl (C=O) groups excluding carboxylic acids is 1. The molecule has 1 amide bonds. The fraction of sp³-hybridized carbons (Fsp3) is 0.0870. The number of hydrazone groups is 1. The summed E-state index contributed by atoms with van der Waals surface area (Å²) in [6, 6.07) is 19.7. The number of ether oxygens (including phenoxy) is 2. The highest BCUT2D eigenvalue weighted by Crippen LogP contribution is 2.28. The number of nitriles is 1. The van der Waals surface area contributed by atoms with Gasteiger partial charge in [-0.3, -0.25) is 4.79 Å². The summed E-state index contributed by atoms with van der Waals surface area (Å²) < 4.78 is 24.7. The van der Waals surface area contributed by atoms with E-state index in [2.05, 4.69) is 10.5 Å². The van der Waals surface area contributed by atoms with Gasteiger partial charge in [-0.05, 0) is 54.1 Å². The summed E-state index contributed by atoms with van der Waals surface area (Å²) in [5.41, 5.74) is 4.40. The Morgan fingerprint density at radius 3 is 2.60 bits per heavy atom. The fourth-order valence-electron chi connectivity index (χ4n) is 2.58. The Labute approximate surface area is 173 Å². The van der Waals surface area contributed by atoms with Crippen LogP contribution in [0.25, 0.3) is 0 Å². The lowest BCUT2D eigenvalue weighted by Gasteiger charge is -2.11. The summed E-state index contributed by atoms with van der Waals surface area (Å²) in [7, 11) is 1.50. The molecule has 0 spiro atoms. The summed E-state index contributed by atoms with van der Waals surface area (Å²) in [5.74, 6) is 0.180. The van der Waals surface area contributed by atoms with Crippen LogP contribution in [0.4, 0.5) is 4.39 Å². The average Bonchev–Trinajstić information content (AvgIpc) is 2.79. The third-order valence-corrected chi connectivity index (χ3v) is 4.18. The van der Waals surface area contributed by atoms with Crippen LogP contribution in [-0.2, 0) is 6.61 Å². The highest BCUT2D eigenvalue weighted by Gasteiger charge is 2.08. The van der Waals surface area contributed by atoms with E-state index in [1.165, 1.54) is 19.4 Å². The van der Waals surface area contributed by atoms with Crippen molar-refractivity contribution in [2.75, 3.05) is 7.11 Å². The van der Waals surface area contributed by atoms with Crippen LogP contribution in [0, 0.1) is 17.1 Å². The molecule has 3 aromatic carbocycles. The fourth-order valence-corrected chi connectivity index (χ4v) is 2.58. The molecule has 0 aliphatic rings. The summed E-state index contributed by atoms with van der Waals surface area (Å²) in [5, 5.41) is 12.7. The number of hydrogen-bond donors (Lipinski definition) is 1. The first-order valence-corrected chi connectivity index (χ1v) is 8.98. The maximum atomic E-state index is 13.7. The first-order chi connectivity index (χ1) is 14.6. The second-order valence-corrected chi connectivity index (χ2v) is 6.18. The summed E-state index contributed by atoms with van der Waals surface area (Å²) in [6.07, 6.45) is 1.46. The van der Waals surface area contributed by atoms with Gasteiger partial charge < -0.3 is 9.47 Å². The number of nitrogens with zero attached hydrogens (tertiary/aromatic N) is 2. The second-order valence-electron chi connectivity index (χ2n) is 6.18. The molecule has 0 saturated heterocycles. The zero-order valence-corrected chi connectivity index (χ0v) is 16.1. The summed E-state index contributed by atoms with van der Waals surface area (Å²) >= 11 is 0. The third-order valence-electron chi connectivity index (χ3n) is 4.18. The smallest absolute Gasteiger partial charge is 0.271 e. The maximum absolute atomic E-state index is 13.7. The van der Waals surface area contributed by atoms with Gasteiger partial charge in [0.05, 0.1) is 25.0 Å². The Hall–Kier alpha value is -4.18. The monoisotopic (exact) mass is 403 g/mol. The Bertz CT molecular complexity index is 1110. The Morgan fingerprint density at radius 2 is 1.90 bits per heavy atom. The molecule has 1 N–H and O–H groups in total. The van der Waals surface area contributed by atoms with Crippen molar-refractivity contribution < 1.29 is 18.7 Å². The molecule has 0 aliphatic carbocycles. The molecule has 3 aromatic rings. The molecule has 0 fully saturated rings. The molecule has 0 atom stereocenters. The van der Waals surface area contributed by atoms with Gasteiger partial charge in [-0.2, -0.15) is 10.4 Å². The van der Waals surface area contributed by atoms with Gasteiger partial charge in [-0.25, -0.2) is 9.82 Å². The van der Waals surface area contributed by atoms with Gasteiger partial charge in [-0.15, -0.1) is 0 Å². The van der Waals surface area contributed by atoms with Gasteiger partial charge in [0.1, 0.15) is 12.4 Å². The maximum Gasteiger partial charge on any atom is 0.271 e. The van der Waals surface area contributed by atoms with Crippen LogP contribution >= 0.6 is 0 Å². The molecular weight excluding hydrogens is 385 g/mol. The van der Waals surface area contributed by atoms with Crippen molar-refractivity contribution in [2.45, 2.75) is 6.61 Å². The molecule has 6 nitrogen and oxygen atoms in total. The number of benzene rings is 3. The van der Waals surface area contributed by atoms with Crippen LogP contribution in [0.5, 0.6) is 11.5 Å². The molecule has 0 heterocycles. The molecule has 150 valence electrons. The largest absolute Gasteiger partial charge is 0.493 e. The van der Waals surface area contributed by atoms with E-state index in [1.54, 1.807) is 60.7 Å². The molecule has 0 aromatic heterocycles. The van der Waals surface area contributed by atoms with E-state index >= 15 is 0 Å². The van der Waals surface area contributed by atoms with Crippen molar-refractivity contribution in [3.8, 4) is 17.6 Å². The second kappa shape index (κ2) is 9.85. The van der Waals surface area contributed by atoms with Crippen LogP contribution in [0.15, 0.2) is 71.8 Å². The lowest BCUT2D eigenvalue weighted by atomic mass is 10.1. The summed E-state index contributed by atoms with van der Waals surface area (Å²) in [4.78, 5) is 12.1. The van der Waals surface area contributed by atoms with Crippen molar-refractivity contribution in [3.05, 3.63) is 94.8 Å². The van der Waals surface area contributed by atoms with Crippen LogP contribution in [0.2, 0.25) is 0 Å². The van der Waals surface area contributed by atoms with Gasteiger partial charge >= 0.3 is 0 Å². The number of methoxy groups -OCH3 is 1. The zero-order chi connectivity index (χ0) is 21.3.